The summed E-state index contributed by atoms with van der Waals surface area (Å²) < 4.78 is 51.4. The molecule has 10 nitrogen and oxygen atoms in total. The molecule has 0 unspecified atom stereocenters. The zero-order chi connectivity index (χ0) is 26.2. The highest BCUT2D eigenvalue weighted by molar-refractivity contribution is 5.66. The average molecular weight is 512 g/mol. The molecule has 3 heterocycles. The van der Waals surface area contributed by atoms with Gasteiger partial charge in [-0.05, 0) is 31.9 Å². The summed E-state index contributed by atoms with van der Waals surface area (Å²) >= 11 is 0. The molecule has 37 heavy (non-hydrogen) atoms. The molecule has 0 bridgehead atoms. The smallest absolute Gasteiger partial charge is 0.435 e. The highest BCUT2D eigenvalue weighted by Crippen LogP contribution is 2.44. The Morgan fingerprint density at radius 3 is 2.49 bits per heavy atom. The highest BCUT2D eigenvalue weighted by atomic mass is 19.4. The second kappa shape index (κ2) is 9.64. The van der Waals surface area contributed by atoms with Crippen LogP contribution in [0.5, 0.6) is 11.6 Å². The third-order valence-electron chi connectivity index (χ3n) is 5.92. The third kappa shape index (κ3) is 5.01. The molecular formula is C24H23F3N8O2. The fourth-order valence-corrected chi connectivity index (χ4v) is 3.98. The van der Waals surface area contributed by atoms with Crippen molar-refractivity contribution >= 4 is 5.95 Å². The zero-order valence-electron chi connectivity index (χ0n) is 20.2. The molecule has 1 aliphatic carbocycles. The first-order chi connectivity index (χ1) is 17.8. The van der Waals surface area contributed by atoms with Crippen LogP contribution < -0.4 is 14.8 Å². The van der Waals surface area contributed by atoms with Crippen molar-refractivity contribution in [3.63, 3.8) is 0 Å². The Balaban J connectivity index is 1.38. The van der Waals surface area contributed by atoms with Gasteiger partial charge >= 0.3 is 6.18 Å². The lowest BCUT2D eigenvalue weighted by atomic mass is 10.1. The summed E-state index contributed by atoms with van der Waals surface area (Å²) in [6.45, 7) is 1.85. The fourth-order valence-electron chi connectivity index (χ4n) is 3.98. The molecule has 0 spiro atoms. The van der Waals surface area contributed by atoms with E-state index in [0.29, 0.717) is 46.3 Å². The van der Waals surface area contributed by atoms with Gasteiger partial charge in [-0.1, -0.05) is 6.07 Å². The van der Waals surface area contributed by atoms with Gasteiger partial charge in [0.25, 0.3) is 0 Å². The van der Waals surface area contributed by atoms with Gasteiger partial charge in [-0.25, -0.2) is 24.6 Å². The fraction of sp³-hybridized carbons (Fsp3) is 0.333. The first-order valence-electron chi connectivity index (χ1n) is 11.4. The number of hydrogen-bond acceptors (Lipinski definition) is 9. The Morgan fingerprint density at radius 1 is 1.03 bits per heavy atom. The molecule has 3 aromatic heterocycles. The molecule has 192 valence electrons. The van der Waals surface area contributed by atoms with Crippen LogP contribution in [0.4, 0.5) is 19.1 Å². The van der Waals surface area contributed by atoms with E-state index in [1.807, 2.05) is 0 Å². The Morgan fingerprint density at radius 2 is 1.81 bits per heavy atom. The van der Waals surface area contributed by atoms with Gasteiger partial charge in [-0.2, -0.15) is 23.3 Å². The van der Waals surface area contributed by atoms with Crippen LogP contribution in [0.25, 0.3) is 17.1 Å². The first-order valence-corrected chi connectivity index (χ1v) is 11.4. The van der Waals surface area contributed by atoms with Crippen LogP contribution in [-0.2, 0) is 12.7 Å². The summed E-state index contributed by atoms with van der Waals surface area (Å²) in [4.78, 5) is 21.7. The van der Waals surface area contributed by atoms with E-state index in [0.717, 1.165) is 30.2 Å². The van der Waals surface area contributed by atoms with E-state index in [-0.39, 0.29) is 6.54 Å². The van der Waals surface area contributed by atoms with Crippen LogP contribution >= 0.6 is 0 Å². The van der Waals surface area contributed by atoms with Gasteiger partial charge < -0.3 is 14.8 Å². The number of hydrogen-bond donors (Lipinski definition) is 1. The maximum atomic E-state index is 13.1. The largest absolute Gasteiger partial charge is 0.496 e. The third-order valence-corrected chi connectivity index (χ3v) is 5.92. The van der Waals surface area contributed by atoms with Gasteiger partial charge in [-0.3, -0.25) is 0 Å². The van der Waals surface area contributed by atoms with Gasteiger partial charge in [0.1, 0.15) is 24.0 Å². The molecule has 1 N–H and O–H groups in total. The van der Waals surface area contributed by atoms with E-state index in [9.17, 15) is 13.2 Å². The van der Waals surface area contributed by atoms with Crippen molar-refractivity contribution in [2.24, 2.45) is 0 Å². The van der Waals surface area contributed by atoms with Crippen molar-refractivity contribution in [3.8, 4) is 28.7 Å². The molecule has 1 aromatic carbocycles. The molecular weight excluding hydrogens is 489 g/mol. The minimum Gasteiger partial charge on any atom is -0.496 e. The number of alkyl halides is 3. The quantitative estimate of drug-likeness (QED) is 0.368. The lowest BCUT2D eigenvalue weighted by Gasteiger charge is -2.13. The van der Waals surface area contributed by atoms with Crippen molar-refractivity contribution < 1.29 is 22.6 Å². The van der Waals surface area contributed by atoms with Gasteiger partial charge in [-0.15, -0.1) is 0 Å². The average Bonchev–Trinajstić information content (AvgIpc) is 3.67. The molecule has 1 fully saturated rings. The number of rotatable bonds is 8. The van der Waals surface area contributed by atoms with Crippen molar-refractivity contribution in [2.45, 2.75) is 38.4 Å². The van der Waals surface area contributed by atoms with Crippen LogP contribution in [0, 0.1) is 6.92 Å². The molecule has 1 aliphatic rings. The van der Waals surface area contributed by atoms with Crippen molar-refractivity contribution in [3.05, 3.63) is 59.6 Å². The first kappa shape index (κ1) is 24.4. The molecule has 0 aliphatic heterocycles. The summed E-state index contributed by atoms with van der Waals surface area (Å²) in [5.74, 6) is 1.91. The number of anilines is 1. The van der Waals surface area contributed by atoms with Gasteiger partial charge in [0, 0.05) is 29.8 Å². The minimum atomic E-state index is -4.53. The molecule has 0 atom stereocenters. The number of nitrogens with zero attached hydrogens (tertiary/aromatic N) is 7. The molecule has 5 rings (SSSR count). The monoisotopic (exact) mass is 512 g/mol. The van der Waals surface area contributed by atoms with Crippen molar-refractivity contribution in [1.82, 2.24) is 34.7 Å². The van der Waals surface area contributed by atoms with E-state index in [1.54, 1.807) is 25.1 Å². The topological polar surface area (TPSA) is 113 Å². The SMILES string of the molecule is COc1cc(-n2nc(C(F)(F)F)cc2C)ccc1CNc1ncnc(-c2c(OC)ncnc2C2CC2)n1. The van der Waals surface area contributed by atoms with Crippen molar-refractivity contribution in [2.75, 3.05) is 19.5 Å². The van der Waals surface area contributed by atoms with Gasteiger partial charge in [0.05, 0.1) is 25.6 Å². The summed E-state index contributed by atoms with van der Waals surface area (Å²) in [6, 6.07) is 6.05. The van der Waals surface area contributed by atoms with Crippen LogP contribution in [0.1, 0.15) is 41.4 Å². The van der Waals surface area contributed by atoms with E-state index in [4.69, 9.17) is 9.47 Å². The van der Waals surface area contributed by atoms with Crippen LogP contribution in [0.3, 0.4) is 0 Å². The predicted molar refractivity (Wildman–Crippen MR) is 127 cm³/mol. The molecule has 0 saturated heterocycles. The highest BCUT2D eigenvalue weighted by Gasteiger charge is 2.34. The standard InChI is InChI=1S/C24H23F3N8O2/c1-13-8-18(24(25,26)27)34-35(13)16-7-6-15(17(9-16)36-2)10-28-23-32-12-30-21(33-23)19-20(14-4-5-14)29-11-31-22(19)37-3/h6-9,11-12,14H,4-5,10H2,1-3H3,(H,28,30,32,33). The maximum absolute atomic E-state index is 13.1. The van der Waals surface area contributed by atoms with Crippen LogP contribution in [0.15, 0.2) is 36.9 Å². The number of benzene rings is 1. The molecule has 1 saturated carbocycles. The molecule has 0 radical (unpaired) electrons. The van der Waals surface area contributed by atoms with Crippen molar-refractivity contribution in [1.29, 1.82) is 0 Å². The number of ether oxygens (including phenoxy) is 2. The minimum absolute atomic E-state index is 0.288. The van der Waals surface area contributed by atoms with Crippen LogP contribution in [-0.4, -0.2) is 48.9 Å². The Bertz CT molecular complexity index is 1440. The number of aryl methyl sites for hydroxylation is 1. The maximum Gasteiger partial charge on any atom is 0.435 e. The number of methoxy groups -OCH3 is 2. The summed E-state index contributed by atoms with van der Waals surface area (Å²) in [5.41, 5.74) is 2.08. The van der Waals surface area contributed by atoms with Gasteiger partial charge in [0.15, 0.2) is 11.5 Å². The van der Waals surface area contributed by atoms with Gasteiger partial charge in [0.2, 0.25) is 11.8 Å². The molecule has 4 aromatic rings. The lowest BCUT2D eigenvalue weighted by Crippen LogP contribution is -2.09. The number of halogens is 3. The van der Waals surface area contributed by atoms with Crippen LogP contribution in [0.2, 0.25) is 0 Å². The molecule has 0 amide bonds. The summed E-state index contributed by atoms with van der Waals surface area (Å²) in [5, 5.41) is 6.85. The number of nitrogens with one attached hydrogen (secondary N) is 1. The summed E-state index contributed by atoms with van der Waals surface area (Å²) in [7, 11) is 3.02. The number of aromatic nitrogens is 7. The van der Waals surface area contributed by atoms with E-state index >= 15 is 0 Å². The summed E-state index contributed by atoms with van der Waals surface area (Å²) in [6.07, 6.45) is 0.417. The second-order valence-corrected chi connectivity index (χ2v) is 8.48. The second-order valence-electron chi connectivity index (χ2n) is 8.48. The Labute approximate surface area is 209 Å². The Hall–Kier alpha value is -4.29. The predicted octanol–water partition coefficient (Wildman–Crippen LogP) is 4.35. The van der Waals surface area contributed by atoms with E-state index in [2.05, 4.69) is 35.3 Å². The van der Waals surface area contributed by atoms with E-state index < -0.39 is 11.9 Å². The normalized spacial score (nSPS) is 13.5. The van der Waals surface area contributed by atoms with E-state index in [1.165, 1.54) is 31.6 Å². The lowest BCUT2D eigenvalue weighted by molar-refractivity contribution is -0.141. The Kier molecular flexibility index (Phi) is 6.36. The zero-order valence-corrected chi connectivity index (χ0v) is 20.2. The molecule has 13 heteroatoms.